The number of halogens is 1. The monoisotopic (exact) mass is 389 g/mol. The first-order chi connectivity index (χ1) is 11.8. The van der Waals surface area contributed by atoms with Gasteiger partial charge in [0.1, 0.15) is 4.88 Å². The third-order valence-electron chi connectivity index (χ3n) is 4.12. The Bertz CT molecular complexity index is 925. The highest BCUT2D eigenvalue weighted by Crippen LogP contribution is 2.42. The number of anilines is 1. The smallest absolute Gasteiger partial charge is 0.268 e. The summed E-state index contributed by atoms with van der Waals surface area (Å²) in [6.45, 7) is 13.2. The summed E-state index contributed by atoms with van der Waals surface area (Å²) in [5, 5.41) is 2.25. The van der Waals surface area contributed by atoms with E-state index in [0.29, 0.717) is 21.2 Å². The van der Waals surface area contributed by atoms with Crippen molar-refractivity contribution in [2.45, 2.75) is 20.8 Å². The van der Waals surface area contributed by atoms with E-state index in [4.69, 9.17) is 11.6 Å². The van der Waals surface area contributed by atoms with Crippen LogP contribution in [0.25, 0.3) is 4.91 Å². The van der Waals surface area contributed by atoms with Crippen LogP contribution >= 0.6 is 34.7 Å². The Morgan fingerprint density at radius 2 is 1.88 bits per heavy atom. The van der Waals surface area contributed by atoms with Crippen molar-refractivity contribution in [3.63, 3.8) is 0 Å². The predicted molar refractivity (Wildman–Crippen MR) is 108 cm³/mol. The van der Waals surface area contributed by atoms with Crippen molar-refractivity contribution in [3.05, 3.63) is 67.7 Å². The number of thiophene rings is 1. The number of thioether (sulfide) groups is 1. The zero-order chi connectivity index (χ0) is 18.5. The van der Waals surface area contributed by atoms with Crippen LogP contribution in [0.5, 0.6) is 0 Å². The number of amides is 2. The average molecular weight is 390 g/mol. The van der Waals surface area contributed by atoms with Crippen LogP contribution in [0.15, 0.2) is 30.7 Å². The van der Waals surface area contributed by atoms with Gasteiger partial charge in [-0.15, -0.1) is 11.3 Å². The van der Waals surface area contributed by atoms with E-state index in [2.05, 4.69) is 13.2 Å². The number of fused-ring (bicyclic) bond motifs is 1. The van der Waals surface area contributed by atoms with Crippen molar-refractivity contribution in [2.24, 2.45) is 0 Å². The van der Waals surface area contributed by atoms with Gasteiger partial charge in [0.25, 0.3) is 11.8 Å². The minimum Gasteiger partial charge on any atom is -0.268 e. The molecule has 1 aliphatic rings. The van der Waals surface area contributed by atoms with Gasteiger partial charge in [0.15, 0.2) is 0 Å². The highest BCUT2D eigenvalue weighted by molar-refractivity contribution is 8.11. The predicted octanol–water partition coefficient (Wildman–Crippen LogP) is 5.97. The second kappa shape index (κ2) is 6.48. The Kier molecular flexibility index (Phi) is 4.66. The van der Waals surface area contributed by atoms with Crippen LogP contribution in [-0.2, 0) is 0 Å². The van der Waals surface area contributed by atoms with Gasteiger partial charge < -0.3 is 0 Å². The van der Waals surface area contributed by atoms with E-state index < -0.39 is 0 Å². The van der Waals surface area contributed by atoms with Crippen molar-refractivity contribution in [2.75, 3.05) is 4.90 Å². The largest absolute Gasteiger partial charge is 0.276 e. The number of imide groups is 1. The lowest BCUT2D eigenvalue weighted by molar-refractivity contribution is 0.0926. The van der Waals surface area contributed by atoms with Crippen LogP contribution in [0, 0.1) is 20.8 Å². The van der Waals surface area contributed by atoms with Crippen molar-refractivity contribution < 1.29 is 9.59 Å². The van der Waals surface area contributed by atoms with Gasteiger partial charge in [-0.3, -0.25) is 9.59 Å². The molecule has 0 unspecified atom stereocenters. The third-order valence-corrected chi connectivity index (χ3v) is 6.69. The van der Waals surface area contributed by atoms with E-state index in [-0.39, 0.29) is 11.8 Å². The maximum Gasteiger partial charge on any atom is 0.276 e. The first-order valence-corrected chi connectivity index (χ1v) is 9.61. The molecule has 2 aromatic rings. The molecule has 2 heterocycles. The van der Waals surface area contributed by atoms with Crippen molar-refractivity contribution in [1.82, 2.24) is 0 Å². The molecule has 1 aromatic heterocycles. The molecule has 0 radical (unpaired) electrons. The summed E-state index contributed by atoms with van der Waals surface area (Å²) in [4.78, 5) is 29.1. The van der Waals surface area contributed by atoms with Crippen molar-refractivity contribution in [3.8, 4) is 0 Å². The van der Waals surface area contributed by atoms with Gasteiger partial charge in [0.2, 0.25) is 0 Å². The van der Waals surface area contributed by atoms with Crippen molar-refractivity contribution >= 4 is 57.1 Å². The van der Waals surface area contributed by atoms with E-state index in [9.17, 15) is 9.59 Å². The molecule has 6 heteroatoms. The molecule has 0 bridgehead atoms. The first-order valence-electron chi connectivity index (χ1n) is 7.53. The standard InChI is InChI=1S/C19H16ClNO2S2/c1-6-24-12(5)14-8-13-17(25-14)19(23)21(18(13)22)16-10(3)7-9(2)15(20)11(16)4/h6-8H,1,5H2,2-4H3. The molecule has 25 heavy (non-hydrogen) atoms. The SMILES string of the molecule is C=CSC(=C)c1cc2c(s1)C(=O)N(c1c(C)cc(C)c(Cl)c1C)C2=O. The maximum absolute atomic E-state index is 12.9. The van der Waals surface area contributed by atoms with E-state index in [1.807, 2.05) is 26.8 Å². The summed E-state index contributed by atoms with van der Waals surface area (Å²) in [5.74, 6) is -0.621. The van der Waals surface area contributed by atoms with Gasteiger partial charge >= 0.3 is 0 Å². The molecule has 0 saturated carbocycles. The summed E-state index contributed by atoms with van der Waals surface area (Å²) in [6.07, 6.45) is 0. The lowest BCUT2D eigenvalue weighted by atomic mass is 10.0. The normalized spacial score (nSPS) is 13.4. The van der Waals surface area contributed by atoms with Gasteiger partial charge in [-0.1, -0.05) is 42.6 Å². The minimum atomic E-state index is -0.315. The zero-order valence-corrected chi connectivity index (χ0v) is 16.5. The maximum atomic E-state index is 12.9. The lowest BCUT2D eigenvalue weighted by Gasteiger charge is -2.21. The fourth-order valence-corrected chi connectivity index (χ4v) is 4.75. The Morgan fingerprint density at radius 3 is 2.48 bits per heavy atom. The number of benzene rings is 1. The van der Waals surface area contributed by atoms with Crippen LogP contribution in [0.3, 0.4) is 0 Å². The quantitative estimate of drug-likeness (QED) is 0.604. The molecule has 0 aliphatic carbocycles. The fourth-order valence-electron chi connectivity index (χ4n) is 3.02. The molecule has 1 aromatic carbocycles. The number of aryl methyl sites for hydroxylation is 2. The zero-order valence-electron chi connectivity index (χ0n) is 14.1. The molecular weight excluding hydrogens is 374 g/mol. The van der Waals surface area contributed by atoms with Crippen molar-refractivity contribution in [1.29, 1.82) is 0 Å². The molecule has 0 fully saturated rings. The number of rotatable bonds is 4. The van der Waals surface area contributed by atoms with Crippen LogP contribution in [0.2, 0.25) is 5.02 Å². The molecule has 128 valence electrons. The van der Waals surface area contributed by atoms with Crippen LogP contribution in [0.4, 0.5) is 5.69 Å². The summed E-state index contributed by atoms with van der Waals surface area (Å²) < 4.78 is 0. The fraction of sp³-hybridized carbons (Fsp3) is 0.158. The summed E-state index contributed by atoms with van der Waals surface area (Å²) in [6, 6.07) is 3.63. The molecule has 1 aliphatic heterocycles. The highest BCUT2D eigenvalue weighted by atomic mass is 35.5. The Hall–Kier alpha value is -1.82. The van der Waals surface area contributed by atoms with E-state index in [0.717, 1.165) is 26.5 Å². The molecule has 3 rings (SSSR count). The second-order valence-corrected chi connectivity index (χ2v) is 8.30. The molecule has 3 nitrogen and oxygen atoms in total. The first kappa shape index (κ1) is 18.0. The minimum absolute atomic E-state index is 0.307. The van der Waals surface area contributed by atoms with Gasteiger partial charge in [-0.25, -0.2) is 4.90 Å². The van der Waals surface area contributed by atoms with Gasteiger partial charge in [0, 0.05) is 14.8 Å². The molecule has 0 spiro atoms. The number of carbonyl (C=O) groups is 2. The van der Waals surface area contributed by atoms with Crippen LogP contribution in [-0.4, -0.2) is 11.8 Å². The number of nitrogens with zero attached hydrogens (tertiary/aromatic N) is 1. The summed E-state index contributed by atoms with van der Waals surface area (Å²) >= 11 is 9.01. The molecule has 0 N–H and O–H groups in total. The summed E-state index contributed by atoms with van der Waals surface area (Å²) in [5.41, 5.74) is 3.52. The lowest BCUT2D eigenvalue weighted by Crippen LogP contribution is -2.31. The Balaban J connectivity index is 2.08. The highest BCUT2D eigenvalue weighted by Gasteiger charge is 2.40. The molecule has 0 atom stereocenters. The average Bonchev–Trinajstić information content (AvgIpc) is 3.09. The number of carbonyl (C=O) groups excluding carboxylic acids is 2. The number of hydrogen-bond acceptors (Lipinski definition) is 4. The van der Waals surface area contributed by atoms with Gasteiger partial charge in [-0.05, 0) is 48.9 Å². The van der Waals surface area contributed by atoms with E-state index in [1.54, 1.807) is 11.5 Å². The third kappa shape index (κ3) is 2.76. The second-order valence-electron chi connectivity index (χ2n) is 5.80. The van der Waals surface area contributed by atoms with Gasteiger partial charge in [-0.2, -0.15) is 0 Å². The van der Waals surface area contributed by atoms with E-state index in [1.165, 1.54) is 28.0 Å². The Morgan fingerprint density at radius 1 is 1.20 bits per heavy atom. The molecule has 2 amide bonds. The van der Waals surface area contributed by atoms with Gasteiger partial charge in [0.05, 0.1) is 11.3 Å². The van der Waals surface area contributed by atoms with Crippen LogP contribution < -0.4 is 4.90 Å². The summed E-state index contributed by atoms with van der Waals surface area (Å²) in [7, 11) is 0. The van der Waals surface area contributed by atoms with E-state index >= 15 is 0 Å². The Labute approximate surface area is 160 Å². The topological polar surface area (TPSA) is 37.4 Å². The number of hydrogen-bond donors (Lipinski definition) is 0. The van der Waals surface area contributed by atoms with Crippen LogP contribution in [0.1, 0.15) is 41.6 Å². The molecule has 0 saturated heterocycles. The molecular formula is C19H16ClNO2S2.